The standard InChI is InChI=1S/C13H14N6O/c14-5-2-6-16-12(20)8-19-9-17-13(18-19)10-3-1-4-11(15)7-10/h1,3-4,7,9H,2,6,8,15H2,(H,16,20). The summed E-state index contributed by atoms with van der Waals surface area (Å²) in [7, 11) is 0. The molecule has 1 aromatic heterocycles. The molecule has 0 fully saturated rings. The Hall–Kier alpha value is -2.88. The fourth-order valence-corrected chi connectivity index (χ4v) is 1.64. The number of nitriles is 1. The first kappa shape index (κ1) is 13.5. The lowest BCUT2D eigenvalue weighted by molar-refractivity contribution is -0.121. The fourth-order valence-electron chi connectivity index (χ4n) is 1.64. The average molecular weight is 270 g/mol. The molecule has 102 valence electrons. The largest absolute Gasteiger partial charge is 0.399 e. The summed E-state index contributed by atoms with van der Waals surface area (Å²) in [5, 5.41) is 15.2. The minimum atomic E-state index is -0.204. The third-order valence-corrected chi connectivity index (χ3v) is 2.55. The number of benzene rings is 1. The van der Waals surface area contributed by atoms with Crippen LogP contribution in [-0.4, -0.2) is 27.2 Å². The SMILES string of the molecule is N#CCCNC(=O)Cn1cnc(-c2cccc(N)c2)n1. The van der Waals surface area contributed by atoms with E-state index in [4.69, 9.17) is 11.0 Å². The van der Waals surface area contributed by atoms with Crippen molar-refractivity contribution in [2.24, 2.45) is 0 Å². The lowest BCUT2D eigenvalue weighted by atomic mass is 10.2. The van der Waals surface area contributed by atoms with Gasteiger partial charge in [-0.3, -0.25) is 4.79 Å². The minimum absolute atomic E-state index is 0.0702. The summed E-state index contributed by atoms with van der Waals surface area (Å²) in [4.78, 5) is 15.7. The zero-order chi connectivity index (χ0) is 14.4. The number of carbonyl (C=O) groups excluding carboxylic acids is 1. The van der Waals surface area contributed by atoms with E-state index in [-0.39, 0.29) is 18.9 Å². The molecule has 0 saturated heterocycles. The Morgan fingerprint density at radius 2 is 2.35 bits per heavy atom. The minimum Gasteiger partial charge on any atom is -0.399 e. The van der Waals surface area contributed by atoms with Crippen LogP contribution < -0.4 is 11.1 Å². The van der Waals surface area contributed by atoms with Gasteiger partial charge >= 0.3 is 0 Å². The Morgan fingerprint density at radius 1 is 1.50 bits per heavy atom. The highest BCUT2D eigenvalue weighted by Crippen LogP contribution is 2.16. The molecule has 0 aliphatic rings. The molecule has 0 aliphatic heterocycles. The average Bonchev–Trinajstić information content (AvgIpc) is 2.87. The quantitative estimate of drug-likeness (QED) is 0.609. The monoisotopic (exact) mass is 270 g/mol. The van der Waals surface area contributed by atoms with Crippen molar-refractivity contribution in [2.45, 2.75) is 13.0 Å². The molecular weight excluding hydrogens is 256 g/mol. The van der Waals surface area contributed by atoms with Gasteiger partial charge in [0.2, 0.25) is 5.91 Å². The van der Waals surface area contributed by atoms with Crippen LogP contribution in [-0.2, 0) is 11.3 Å². The van der Waals surface area contributed by atoms with Crippen molar-refractivity contribution in [3.63, 3.8) is 0 Å². The number of nitrogens with two attached hydrogens (primary N) is 1. The molecule has 0 bridgehead atoms. The number of hydrogen-bond acceptors (Lipinski definition) is 5. The fraction of sp³-hybridized carbons (Fsp3) is 0.231. The van der Waals surface area contributed by atoms with Gasteiger partial charge in [0.05, 0.1) is 12.5 Å². The molecule has 1 amide bonds. The van der Waals surface area contributed by atoms with Crippen molar-refractivity contribution in [1.29, 1.82) is 5.26 Å². The Bertz CT molecular complexity index is 642. The number of amides is 1. The van der Waals surface area contributed by atoms with Crippen LogP contribution in [0, 0.1) is 11.3 Å². The van der Waals surface area contributed by atoms with Gasteiger partial charge in [-0.05, 0) is 12.1 Å². The number of rotatable bonds is 5. The first-order valence-corrected chi connectivity index (χ1v) is 6.08. The van der Waals surface area contributed by atoms with E-state index in [1.807, 2.05) is 18.2 Å². The molecule has 0 atom stereocenters. The molecule has 0 saturated carbocycles. The maximum absolute atomic E-state index is 11.6. The second-order valence-corrected chi connectivity index (χ2v) is 4.15. The van der Waals surface area contributed by atoms with Crippen LogP contribution in [0.4, 0.5) is 5.69 Å². The molecular formula is C13H14N6O. The highest BCUT2D eigenvalue weighted by molar-refractivity contribution is 5.75. The summed E-state index contributed by atoms with van der Waals surface area (Å²) < 4.78 is 1.44. The van der Waals surface area contributed by atoms with Crippen LogP contribution in [0.2, 0.25) is 0 Å². The van der Waals surface area contributed by atoms with E-state index in [0.717, 1.165) is 5.56 Å². The number of carbonyl (C=O) groups is 1. The lowest BCUT2D eigenvalue weighted by Gasteiger charge is -2.02. The van der Waals surface area contributed by atoms with Gasteiger partial charge in [0.25, 0.3) is 0 Å². The van der Waals surface area contributed by atoms with Crippen molar-refractivity contribution >= 4 is 11.6 Å². The maximum Gasteiger partial charge on any atom is 0.241 e. The summed E-state index contributed by atoms with van der Waals surface area (Å²) in [6, 6.07) is 9.18. The van der Waals surface area contributed by atoms with Crippen LogP contribution in [0.1, 0.15) is 6.42 Å². The highest BCUT2D eigenvalue weighted by Gasteiger charge is 2.07. The zero-order valence-corrected chi connectivity index (χ0v) is 10.8. The molecule has 1 aromatic carbocycles. The van der Waals surface area contributed by atoms with Gasteiger partial charge < -0.3 is 11.1 Å². The number of aromatic nitrogens is 3. The number of nitrogens with zero attached hydrogens (tertiary/aromatic N) is 4. The molecule has 0 radical (unpaired) electrons. The number of anilines is 1. The molecule has 0 aliphatic carbocycles. The predicted molar refractivity (Wildman–Crippen MR) is 73.1 cm³/mol. The van der Waals surface area contributed by atoms with Gasteiger partial charge in [-0.2, -0.15) is 10.4 Å². The van der Waals surface area contributed by atoms with Gasteiger partial charge in [-0.15, -0.1) is 0 Å². The highest BCUT2D eigenvalue weighted by atomic mass is 16.2. The molecule has 7 nitrogen and oxygen atoms in total. The molecule has 2 rings (SSSR count). The van der Waals surface area contributed by atoms with E-state index >= 15 is 0 Å². The van der Waals surface area contributed by atoms with E-state index in [9.17, 15) is 4.79 Å². The Kier molecular flexibility index (Phi) is 4.29. The summed E-state index contributed by atoms with van der Waals surface area (Å²) in [5.74, 6) is 0.311. The van der Waals surface area contributed by atoms with Gasteiger partial charge in [-0.25, -0.2) is 9.67 Å². The molecule has 20 heavy (non-hydrogen) atoms. The molecule has 0 spiro atoms. The second kappa shape index (κ2) is 6.33. The van der Waals surface area contributed by atoms with E-state index in [2.05, 4.69) is 15.4 Å². The predicted octanol–water partition coefficient (Wildman–Crippen LogP) is 0.557. The van der Waals surface area contributed by atoms with Crippen molar-refractivity contribution in [3.05, 3.63) is 30.6 Å². The van der Waals surface area contributed by atoms with Crippen LogP contribution >= 0.6 is 0 Å². The third-order valence-electron chi connectivity index (χ3n) is 2.55. The van der Waals surface area contributed by atoms with Gasteiger partial charge in [0.15, 0.2) is 5.82 Å². The second-order valence-electron chi connectivity index (χ2n) is 4.15. The van der Waals surface area contributed by atoms with Gasteiger partial charge in [-0.1, -0.05) is 12.1 Å². The smallest absolute Gasteiger partial charge is 0.241 e. The Balaban J connectivity index is 1.99. The summed E-state index contributed by atoms with van der Waals surface area (Å²) in [6.07, 6.45) is 1.78. The summed E-state index contributed by atoms with van der Waals surface area (Å²) in [6.45, 7) is 0.410. The van der Waals surface area contributed by atoms with E-state index < -0.39 is 0 Å². The van der Waals surface area contributed by atoms with E-state index in [1.54, 1.807) is 12.1 Å². The maximum atomic E-state index is 11.6. The third kappa shape index (κ3) is 3.55. The van der Waals surface area contributed by atoms with Crippen LogP contribution in [0.3, 0.4) is 0 Å². The van der Waals surface area contributed by atoms with Gasteiger partial charge in [0.1, 0.15) is 12.9 Å². The molecule has 0 unspecified atom stereocenters. The van der Waals surface area contributed by atoms with Crippen molar-refractivity contribution in [3.8, 4) is 17.5 Å². The van der Waals surface area contributed by atoms with Gasteiger partial charge in [0, 0.05) is 17.8 Å². The van der Waals surface area contributed by atoms with Crippen LogP contribution in [0.5, 0.6) is 0 Å². The number of nitrogen functional groups attached to an aromatic ring is 1. The molecule has 2 aromatic rings. The zero-order valence-electron chi connectivity index (χ0n) is 10.8. The number of nitrogens with one attached hydrogen (secondary N) is 1. The van der Waals surface area contributed by atoms with Crippen LogP contribution in [0.15, 0.2) is 30.6 Å². The normalized spacial score (nSPS) is 9.95. The number of hydrogen-bond donors (Lipinski definition) is 2. The van der Waals surface area contributed by atoms with Crippen molar-refractivity contribution in [1.82, 2.24) is 20.1 Å². The van der Waals surface area contributed by atoms with E-state index in [0.29, 0.717) is 18.1 Å². The first-order chi connectivity index (χ1) is 9.69. The lowest BCUT2D eigenvalue weighted by Crippen LogP contribution is -2.28. The topological polar surface area (TPSA) is 110 Å². The summed E-state index contributed by atoms with van der Waals surface area (Å²) in [5.41, 5.74) is 7.13. The first-order valence-electron chi connectivity index (χ1n) is 6.08. The van der Waals surface area contributed by atoms with Crippen molar-refractivity contribution < 1.29 is 4.79 Å². The van der Waals surface area contributed by atoms with Crippen molar-refractivity contribution in [2.75, 3.05) is 12.3 Å². The Labute approximate surface area is 116 Å². The summed E-state index contributed by atoms with van der Waals surface area (Å²) >= 11 is 0. The molecule has 3 N–H and O–H groups in total. The molecule has 1 heterocycles. The Morgan fingerprint density at radius 3 is 3.10 bits per heavy atom. The van der Waals surface area contributed by atoms with Crippen LogP contribution in [0.25, 0.3) is 11.4 Å². The van der Waals surface area contributed by atoms with E-state index in [1.165, 1.54) is 11.0 Å². The molecule has 7 heteroatoms.